The van der Waals surface area contributed by atoms with Crippen molar-refractivity contribution in [1.29, 1.82) is 0 Å². The highest BCUT2D eigenvalue weighted by Crippen LogP contribution is 2.39. The number of halogens is 1. The summed E-state index contributed by atoms with van der Waals surface area (Å²) in [7, 11) is 0. The molecule has 120 valence electrons. The van der Waals surface area contributed by atoms with E-state index >= 15 is 0 Å². The molecule has 5 rings (SSSR count). The van der Waals surface area contributed by atoms with Gasteiger partial charge in [0.15, 0.2) is 11.5 Å². The van der Waals surface area contributed by atoms with Crippen LogP contribution in [0.2, 0.25) is 5.02 Å². The number of nitrogens with zero attached hydrogens (tertiary/aromatic N) is 3. The largest absolute Gasteiger partial charge is 0.251 e. The maximum absolute atomic E-state index is 6.42. The molecule has 0 spiro atoms. The fourth-order valence-corrected chi connectivity index (χ4v) is 5.19. The van der Waals surface area contributed by atoms with E-state index in [9.17, 15) is 0 Å². The number of benzene rings is 1. The van der Waals surface area contributed by atoms with Crippen LogP contribution >= 0.6 is 35.2 Å². The Morgan fingerprint density at radius 2 is 2.04 bits per heavy atom. The average molecular weight is 373 g/mol. The van der Waals surface area contributed by atoms with Crippen molar-refractivity contribution >= 4 is 51.0 Å². The summed E-state index contributed by atoms with van der Waals surface area (Å²) in [5.41, 5.74) is 3.13. The van der Waals surface area contributed by atoms with Crippen LogP contribution in [0.4, 0.5) is 0 Å². The third kappa shape index (κ3) is 2.00. The Morgan fingerprint density at radius 1 is 1.21 bits per heavy atom. The summed E-state index contributed by atoms with van der Waals surface area (Å²) in [6.45, 7) is 0. The molecular formula is C17H13ClN4S2. The van der Waals surface area contributed by atoms with E-state index in [1.165, 1.54) is 23.3 Å². The van der Waals surface area contributed by atoms with Crippen molar-refractivity contribution in [2.75, 3.05) is 0 Å². The van der Waals surface area contributed by atoms with E-state index < -0.39 is 0 Å². The summed E-state index contributed by atoms with van der Waals surface area (Å²) in [5.74, 6) is 0.750. The smallest absolute Gasteiger partial charge is 0.201 e. The summed E-state index contributed by atoms with van der Waals surface area (Å²) in [6, 6.07) is 7.72. The second-order valence-electron chi connectivity index (χ2n) is 5.99. The molecule has 0 atom stereocenters. The number of aromatic nitrogens is 4. The first-order chi connectivity index (χ1) is 11.7. The van der Waals surface area contributed by atoms with Crippen molar-refractivity contribution in [3.05, 3.63) is 44.5 Å². The molecule has 7 heteroatoms. The highest BCUT2D eigenvalue weighted by Gasteiger charge is 2.23. The predicted molar refractivity (Wildman–Crippen MR) is 101 cm³/mol. The van der Waals surface area contributed by atoms with Crippen LogP contribution in [0.15, 0.2) is 24.3 Å². The van der Waals surface area contributed by atoms with E-state index in [1.54, 1.807) is 11.3 Å². The third-order valence-electron chi connectivity index (χ3n) is 4.58. The Bertz CT molecular complexity index is 1150. The second-order valence-corrected chi connectivity index (χ2v) is 7.87. The molecule has 24 heavy (non-hydrogen) atoms. The van der Waals surface area contributed by atoms with Crippen LogP contribution < -0.4 is 0 Å². The molecule has 4 nitrogen and oxygen atoms in total. The lowest BCUT2D eigenvalue weighted by Gasteiger charge is -2.11. The molecule has 0 saturated carbocycles. The summed E-state index contributed by atoms with van der Waals surface area (Å²) in [5, 5.41) is 9.26. The Kier molecular flexibility index (Phi) is 3.26. The summed E-state index contributed by atoms with van der Waals surface area (Å²) < 4.78 is 2.46. The lowest BCUT2D eigenvalue weighted by Crippen LogP contribution is -2.01. The van der Waals surface area contributed by atoms with E-state index in [-0.39, 0.29) is 0 Å². The zero-order valence-electron chi connectivity index (χ0n) is 12.7. The Morgan fingerprint density at radius 3 is 2.92 bits per heavy atom. The fourth-order valence-electron chi connectivity index (χ4n) is 3.49. The third-order valence-corrected chi connectivity index (χ3v) is 6.37. The molecule has 1 aromatic carbocycles. The first-order valence-electron chi connectivity index (χ1n) is 7.90. The van der Waals surface area contributed by atoms with Gasteiger partial charge in [-0.25, -0.2) is 4.98 Å². The van der Waals surface area contributed by atoms with E-state index in [1.807, 2.05) is 28.7 Å². The van der Waals surface area contributed by atoms with Gasteiger partial charge >= 0.3 is 0 Å². The van der Waals surface area contributed by atoms with Gasteiger partial charge < -0.3 is 0 Å². The van der Waals surface area contributed by atoms with Crippen LogP contribution in [0.25, 0.3) is 27.3 Å². The topological polar surface area (TPSA) is 46.0 Å². The molecule has 0 radical (unpaired) electrons. The Labute approximate surface area is 152 Å². The van der Waals surface area contributed by atoms with Crippen LogP contribution in [0.5, 0.6) is 0 Å². The molecule has 3 heterocycles. The van der Waals surface area contributed by atoms with E-state index in [0.29, 0.717) is 9.79 Å². The number of aryl methyl sites for hydroxylation is 2. The highest BCUT2D eigenvalue weighted by atomic mass is 35.5. The SMILES string of the molecule is S=c1[nH]nc2c3c4c(sc3nc(-c3ccccc3Cl)n12)CCCC4. The van der Waals surface area contributed by atoms with Crippen LogP contribution in [-0.2, 0) is 12.8 Å². The van der Waals surface area contributed by atoms with Crippen molar-refractivity contribution < 1.29 is 0 Å². The van der Waals surface area contributed by atoms with Crippen molar-refractivity contribution in [2.24, 2.45) is 0 Å². The molecule has 0 unspecified atom stereocenters. The van der Waals surface area contributed by atoms with Gasteiger partial charge in [-0.3, -0.25) is 9.50 Å². The molecule has 4 aromatic rings. The minimum absolute atomic E-state index is 0.546. The number of rotatable bonds is 1. The first kappa shape index (κ1) is 14.6. The number of nitrogens with one attached hydrogen (secondary N) is 1. The number of hydrogen-bond acceptors (Lipinski definition) is 4. The maximum atomic E-state index is 6.42. The van der Waals surface area contributed by atoms with Gasteiger partial charge in [0.1, 0.15) is 4.83 Å². The molecule has 0 fully saturated rings. The van der Waals surface area contributed by atoms with Gasteiger partial charge in [0, 0.05) is 10.4 Å². The van der Waals surface area contributed by atoms with Crippen molar-refractivity contribution in [3.8, 4) is 11.4 Å². The van der Waals surface area contributed by atoms with E-state index in [4.69, 9.17) is 28.8 Å². The van der Waals surface area contributed by atoms with Gasteiger partial charge in [-0.1, -0.05) is 23.7 Å². The molecule has 1 aliphatic rings. The van der Waals surface area contributed by atoms with Crippen molar-refractivity contribution in [1.82, 2.24) is 19.6 Å². The van der Waals surface area contributed by atoms with E-state index in [2.05, 4.69) is 10.2 Å². The number of thiophene rings is 1. The maximum Gasteiger partial charge on any atom is 0.201 e. The molecule has 1 aliphatic carbocycles. The van der Waals surface area contributed by atoms with Crippen LogP contribution in [0.3, 0.4) is 0 Å². The summed E-state index contributed by atoms with van der Waals surface area (Å²) in [6.07, 6.45) is 4.70. The summed E-state index contributed by atoms with van der Waals surface area (Å²) >= 11 is 13.7. The van der Waals surface area contributed by atoms with Crippen LogP contribution in [0.1, 0.15) is 23.3 Å². The molecule has 0 aliphatic heterocycles. The number of hydrogen-bond donors (Lipinski definition) is 1. The van der Waals surface area contributed by atoms with Crippen LogP contribution in [0, 0.1) is 4.77 Å². The van der Waals surface area contributed by atoms with Gasteiger partial charge in [-0.15, -0.1) is 11.3 Å². The monoisotopic (exact) mass is 372 g/mol. The van der Waals surface area contributed by atoms with Gasteiger partial charge in [0.2, 0.25) is 4.77 Å². The molecule has 3 aromatic heterocycles. The number of aromatic amines is 1. The second kappa shape index (κ2) is 5.37. The zero-order chi connectivity index (χ0) is 16.3. The van der Waals surface area contributed by atoms with Gasteiger partial charge in [-0.2, -0.15) is 5.10 Å². The van der Waals surface area contributed by atoms with Crippen LogP contribution in [-0.4, -0.2) is 19.6 Å². The average Bonchev–Trinajstić information content (AvgIpc) is 3.15. The lowest BCUT2D eigenvalue weighted by atomic mass is 9.97. The normalized spacial score (nSPS) is 14.4. The van der Waals surface area contributed by atoms with Gasteiger partial charge in [0.05, 0.1) is 10.4 Å². The fraction of sp³-hybridized carbons (Fsp3) is 0.235. The Hall–Kier alpha value is -1.76. The zero-order valence-corrected chi connectivity index (χ0v) is 15.1. The molecular weight excluding hydrogens is 360 g/mol. The lowest BCUT2D eigenvalue weighted by molar-refractivity contribution is 0.700. The summed E-state index contributed by atoms with van der Waals surface area (Å²) in [4.78, 5) is 7.41. The molecule has 0 saturated heterocycles. The molecule has 0 bridgehead atoms. The first-order valence-corrected chi connectivity index (χ1v) is 9.50. The predicted octanol–water partition coefficient (Wildman–Crippen LogP) is 5.20. The van der Waals surface area contributed by atoms with E-state index in [0.717, 1.165) is 40.1 Å². The minimum atomic E-state index is 0.546. The molecule has 1 N–H and O–H groups in total. The highest BCUT2D eigenvalue weighted by molar-refractivity contribution is 7.71. The van der Waals surface area contributed by atoms with Gasteiger partial charge in [-0.05, 0) is 55.6 Å². The quantitative estimate of drug-likeness (QED) is 0.467. The minimum Gasteiger partial charge on any atom is -0.251 e. The Balaban J connectivity index is 1.96. The standard InChI is InChI=1S/C17H13ClN4S2/c18-11-7-3-1-5-9(11)14-19-16-13(15-20-21-17(23)22(14)15)10-6-2-4-8-12(10)24-16/h1,3,5,7H,2,4,6,8H2,(H,21,23). The number of H-pyrrole nitrogens is 1. The van der Waals surface area contributed by atoms with Crippen molar-refractivity contribution in [3.63, 3.8) is 0 Å². The molecule has 0 amide bonds. The number of fused-ring (bicyclic) bond motifs is 5. The van der Waals surface area contributed by atoms with Gasteiger partial charge in [0.25, 0.3) is 0 Å². The van der Waals surface area contributed by atoms with Crippen molar-refractivity contribution in [2.45, 2.75) is 25.7 Å².